The molecule has 0 unspecified atom stereocenters. The SMILES string of the molecule is CCCc1nc(Cn2cc(CCO)cn2)cs1. The van der Waals surface area contributed by atoms with Crippen molar-refractivity contribution in [3.05, 3.63) is 34.0 Å². The lowest BCUT2D eigenvalue weighted by Crippen LogP contribution is -2.00. The third-order valence-electron chi connectivity index (χ3n) is 2.47. The summed E-state index contributed by atoms with van der Waals surface area (Å²) < 4.78 is 1.87. The molecule has 0 saturated heterocycles. The van der Waals surface area contributed by atoms with Crippen molar-refractivity contribution in [1.82, 2.24) is 14.8 Å². The molecule has 0 aliphatic heterocycles. The van der Waals surface area contributed by atoms with Crippen LogP contribution in [-0.4, -0.2) is 26.5 Å². The molecule has 0 aliphatic carbocycles. The summed E-state index contributed by atoms with van der Waals surface area (Å²) in [6.45, 7) is 3.05. The van der Waals surface area contributed by atoms with Gasteiger partial charge in [-0.3, -0.25) is 4.68 Å². The Morgan fingerprint density at radius 1 is 1.41 bits per heavy atom. The van der Waals surface area contributed by atoms with E-state index in [9.17, 15) is 0 Å². The van der Waals surface area contributed by atoms with Crippen LogP contribution in [-0.2, 0) is 19.4 Å². The molecule has 0 atom stereocenters. The minimum absolute atomic E-state index is 0.170. The van der Waals surface area contributed by atoms with E-state index in [-0.39, 0.29) is 6.61 Å². The van der Waals surface area contributed by atoms with Gasteiger partial charge in [0.25, 0.3) is 0 Å². The molecule has 0 saturated carbocycles. The fourth-order valence-electron chi connectivity index (χ4n) is 1.67. The molecule has 2 heterocycles. The maximum absolute atomic E-state index is 8.83. The minimum atomic E-state index is 0.170. The van der Waals surface area contributed by atoms with E-state index < -0.39 is 0 Å². The topological polar surface area (TPSA) is 50.9 Å². The Kier molecular flexibility index (Phi) is 4.28. The second-order valence-corrected chi connectivity index (χ2v) is 4.95. The number of rotatable bonds is 6. The first-order valence-electron chi connectivity index (χ1n) is 5.87. The van der Waals surface area contributed by atoms with E-state index in [1.165, 1.54) is 5.01 Å². The number of hydrogen-bond donors (Lipinski definition) is 1. The highest BCUT2D eigenvalue weighted by molar-refractivity contribution is 7.09. The van der Waals surface area contributed by atoms with E-state index in [1.54, 1.807) is 17.5 Å². The van der Waals surface area contributed by atoms with Gasteiger partial charge in [0.2, 0.25) is 0 Å². The van der Waals surface area contributed by atoms with Crippen molar-refractivity contribution in [2.75, 3.05) is 6.61 Å². The Balaban J connectivity index is 1.98. The molecule has 0 aromatic carbocycles. The maximum atomic E-state index is 8.83. The predicted octanol–water partition coefficient (Wildman–Crippen LogP) is 1.88. The zero-order valence-electron chi connectivity index (χ0n) is 9.96. The molecule has 0 aliphatic rings. The summed E-state index contributed by atoms with van der Waals surface area (Å²) in [5, 5.41) is 16.4. The summed E-state index contributed by atoms with van der Waals surface area (Å²) in [4.78, 5) is 4.56. The molecule has 92 valence electrons. The van der Waals surface area contributed by atoms with E-state index in [4.69, 9.17) is 5.11 Å². The van der Waals surface area contributed by atoms with Crippen LogP contribution in [0.25, 0.3) is 0 Å². The molecule has 2 aromatic heterocycles. The summed E-state index contributed by atoms with van der Waals surface area (Å²) >= 11 is 1.72. The van der Waals surface area contributed by atoms with Crippen molar-refractivity contribution in [3.8, 4) is 0 Å². The van der Waals surface area contributed by atoms with Gasteiger partial charge >= 0.3 is 0 Å². The quantitative estimate of drug-likeness (QED) is 0.852. The van der Waals surface area contributed by atoms with Crippen molar-refractivity contribution in [1.29, 1.82) is 0 Å². The van der Waals surface area contributed by atoms with E-state index in [1.807, 2.05) is 10.9 Å². The minimum Gasteiger partial charge on any atom is -0.396 e. The van der Waals surface area contributed by atoms with Crippen LogP contribution < -0.4 is 0 Å². The van der Waals surface area contributed by atoms with E-state index in [0.717, 1.165) is 24.1 Å². The first kappa shape index (κ1) is 12.3. The van der Waals surface area contributed by atoms with Crippen molar-refractivity contribution in [2.24, 2.45) is 0 Å². The lowest BCUT2D eigenvalue weighted by Gasteiger charge is -1.96. The number of hydrogen-bond acceptors (Lipinski definition) is 4. The zero-order valence-corrected chi connectivity index (χ0v) is 10.8. The molecule has 2 aromatic rings. The summed E-state index contributed by atoms with van der Waals surface area (Å²) in [5.41, 5.74) is 2.13. The summed E-state index contributed by atoms with van der Waals surface area (Å²) in [7, 11) is 0. The zero-order chi connectivity index (χ0) is 12.1. The number of aliphatic hydroxyl groups is 1. The molecule has 0 radical (unpaired) electrons. The standard InChI is InChI=1S/C12H17N3OS/c1-2-3-12-14-11(9-17-12)8-15-7-10(4-5-16)6-13-15/h6-7,9,16H,2-5,8H2,1H3. The lowest BCUT2D eigenvalue weighted by atomic mass is 10.3. The van der Waals surface area contributed by atoms with Gasteiger partial charge in [0.1, 0.15) is 0 Å². The highest BCUT2D eigenvalue weighted by Crippen LogP contribution is 2.12. The van der Waals surface area contributed by atoms with Gasteiger partial charge in [-0.2, -0.15) is 5.10 Å². The Bertz CT molecular complexity index is 422. The van der Waals surface area contributed by atoms with Crippen LogP contribution in [0.4, 0.5) is 0 Å². The number of aliphatic hydroxyl groups excluding tert-OH is 1. The van der Waals surface area contributed by atoms with Crippen LogP contribution in [0.15, 0.2) is 17.8 Å². The monoisotopic (exact) mass is 251 g/mol. The van der Waals surface area contributed by atoms with Crippen LogP contribution in [0.1, 0.15) is 29.6 Å². The van der Waals surface area contributed by atoms with Gasteiger partial charge in [-0.25, -0.2) is 4.98 Å². The van der Waals surface area contributed by atoms with Gasteiger partial charge in [-0.15, -0.1) is 11.3 Å². The van der Waals surface area contributed by atoms with Crippen LogP contribution in [0, 0.1) is 0 Å². The lowest BCUT2D eigenvalue weighted by molar-refractivity contribution is 0.299. The van der Waals surface area contributed by atoms with Crippen LogP contribution >= 0.6 is 11.3 Å². The van der Waals surface area contributed by atoms with Crippen molar-refractivity contribution in [3.63, 3.8) is 0 Å². The summed E-state index contributed by atoms with van der Waals surface area (Å²) in [5.74, 6) is 0. The normalized spacial score (nSPS) is 10.9. The highest BCUT2D eigenvalue weighted by atomic mass is 32.1. The molecule has 0 spiro atoms. The molecule has 0 fully saturated rings. The molecule has 4 nitrogen and oxygen atoms in total. The first-order valence-corrected chi connectivity index (χ1v) is 6.75. The summed E-state index contributed by atoms with van der Waals surface area (Å²) in [6.07, 6.45) is 6.62. The first-order chi connectivity index (χ1) is 8.31. The van der Waals surface area contributed by atoms with Gasteiger partial charge in [0, 0.05) is 18.2 Å². The van der Waals surface area contributed by atoms with Crippen molar-refractivity contribution >= 4 is 11.3 Å². The molecule has 17 heavy (non-hydrogen) atoms. The molecule has 0 amide bonds. The number of aromatic nitrogens is 3. The summed E-state index contributed by atoms with van der Waals surface area (Å²) in [6, 6.07) is 0. The Morgan fingerprint density at radius 3 is 3.06 bits per heavy atom. The second kappa shape index (κ2) is 5.93. The van der Waals surface area contributed by atoms with E-state index >= 15 is 0 Å². The van der Waals surface area contributed by atoms with Gasteiger partial charge < -0.3 is 5.11 Å². The number of nitrogens with zero attached hydrogens (tertiary/aromatic N) is 3. The molecular formula is C12H17N3OS. The Morgan fingerprint density at radius 2 is 2.29 bits per heavy atom. The fraction of sp³-hybridized carbons (Fsp3) is 0.500. The number of aryl methyl sites for hydroxylation is 1. The third-order valence-corrected chi connectivity index (χ3v) is 3.43. The number of thiazole rings is 1. The average Bonchev–Trinajstić information content (AvgIpc) is 2.91. The second-order valence-electron chi connectivity index (χ2n) is 4.00. The van der Waals surface area contributed by atoms with E-state index in [2.05, 4.69) is 22.4 Å². The smallest absolute Gasteiger partial charge is 0.0928 e. The van der Waals surface area contributed by atoms with Crippen LogP contribution in [0.3, 0.4) is 0 Å². The molecule has 2 rings (SSSR count). The highest BCUT2D eigenvalue weighted by Gasteiger charge is 2.03. The van der Waals surface area contributed by atoms with E-state index in [0.29, 0.717) is 13.0 Å². The molecular weight excluding hydrogens is 234 g/mol. The Labute approximate surface area is 105 Å². The van der Waals surface area contributed by atoms with Gasteiger partial charge in [0.05, 0.1) is 23.4 Å². The van der Waals surface area contributed by atoms with Crippen molar-refractivity contribution in [2.45, 2.75) is 32.7 Å². The molecule has 1 N–H and O–H groups in total. The largest absolute Gasteiger partial charge is 0.396 e. The maximum Gasteiger partial charge on any atom is 0.0928 e. The van der Waals surface area contributed by atoms with Gasteiger partial charge in [-0.05, 0) is 24.8 Å². The van der Waals surface area contributed by atoms with Crippen LogP contribution in [0.2, 0.25) is 0 Å². The van der Waals surface area contributed by atoms with Crippen molar-refractivity contribution < 1.29 is 5.11 Å². The third kappa shape index (κ3) is 3.38. The van der Waals surface area contributed by atoms with Gasteiger partial charge in [-0.1, -0.05) is 6.92 Å². The van der Waals surface area contributed by atoms with Crippen LogP contribution in [0.5, 0.6) is 0 Å². The van der Waals surface area contributed by atoms with Gasteiger partial charge in [0.15, 0.2) is 0 Å². The predicted molar refractivity (Wildman–Crippen MR) is 68.2 cm³/mol. The average molecular weight is 251 g/mol. The molecule has 5 heteroatoms. The Hall–Kier alpha value is -1.20. The fourth-order valence-corrected chi connectivity index (χ4v) is 2.56. The molecule has 0 bridgehead atoms.